The maximum Gasteiger partial charge on any atom is 0.232 e. The quantitative estimate of drug-likeness (QED) is 0.853. The Morgan fingerprint density at radius 3 is 2.70 bits per heavy atom. The molecule has 2 N–H and O–H groups in total. The van der Waals surface area contributed by atoms with E-state index in [1.54, 1.807) is 4.90 Å². The topological polar surface area (TPSA) is 104 Å². The minimum Gasteiger partial charge on any atom is -0.486 e. The molecule has 2 aromatic rings. The summed E-state index contributed by atoms with van der Waals surface area (Å²) in [7, 11) is 0. The predicted molar refractivity (Wildman–Crippen MR) is 98.4 cm³/mol. The van der Waals surface area contributed by atoms with E-state index in [1.165, 1.54) is 0 Å². The molecule has 1 aromatic heterocycles. The molecule has 1 aromatic carbocycles. The van der Waals surface area contributed by atoms with E-state index >= 15 is 0 Å². The lowest BCUT2D eigenvalue weighted by atomic mass is 9.77. The van der Waals surface area contributed by atoms with Gasteiger partial charge >= 0.3 is 0 Å². The van der Waals surface area contributed by atoms with E-state index < -0.39 is 5.54 Å². The van der Waals surface area contributed by atoms with Crippen molar-refractivity contribution in [3.63, 3.8) is 0 Å². The molecule has 3 aliphatic rings. The van der Waals surface area contributed by atoms with Crippen LogP contribution in [0.2, 0.25) is 0 Å². The summed E-state index contributed by atoms with van der Waals surface area (Å²) >= 11 is 0. The molecule has 0 radical (unpaired) electrons. The zero-order valence-electron chi connectivity index (χ0n) is 14.7. The van der Waals surface area contributed by atoms with Crippen molar-refractivity contribution in [2.75, 3.05) is 24.7 Å². The minimum atomic E-state index is -0.458. The van der Waals surface area contributed by atoms with Crippen molar-refractivity contribution in [1.82, 2.24) is 10.1 Å². The molecule has 5 rings (SSSR count). The first-order chi connectivity index (χ1) is 12.6. The molecule has 1 atom stereocenters. The molecule has 0 bridgehead atoms. The second-order valence-corrected chi connectivity index (χ2v) is 7.20. The number of rotatable bonds is 3. The van der Waals surface area contributed by atoms with Crippen molar-refractivity contribution in [2.45, 2.75) is 37.1 Å². The van der Waals surface area contributed by atoms with E-state index in [-0.39, 0.29) is 24.2 Å². The fourth-order valence-corrected chi connectivity index (χ4v) is 3.71. The van der Waals surface area contributed by atoms with Crippen LogP contribution in [0, 0.1) is 0 Å². The van der Waals surface area contributed by atoms with E-state index in [2.05, 4.69) is 10.1 Å². The van der Waals surface area contributed by atoms with Gasteiger partial charge in [-0.25, -0.2) is 0 Å². The van der Waals surface area contributed by atoms with Gasteiger partial charge in [-0.2, -0.15) is 4.98 Å². The number of nitrogens with two attached hydrogens (primary N) is 1. The average molecular weight is 393 g/mol. The monoisotopic (exact) mass is 392 g/mol. The Kier molecular flexibility index (Phi) is 4.47. The number of nitrogens with zero attached hydrogens (tertiary/aromatic N) is 3. The first kappa shape index (κ1) is 18.1. The van der Waals surface area contributed by atoms with Gasteiger partial charge in [-0.15, -0.1) is 12.4 Å². The van der Waals surface area contributed by atoms with Gasteiger partial charge < -0.3 is 24.6 Å². The number of anilines is 1. The van der Waals surface area contributed by atoms with Gasteiger partial charge in [-0.05, 0) is 31.4 Å². The summed E-state index contributed by atoms with van der Waals surface area (Å²) in [5, 5.41) is 4.06. The van der Waals surface area contributed by atoms with Crippen LogP contribution < -0.4 is 20.1 Å². The molecule has 8 nitrogen and oxygen atoms in total. The highest BCUT2D eigenvalue weighted by atomic mass is 35.5. The largest absolute Gasteiger partial charge is 0.486 e. The smallest absolute Gasteiger partial charge is 0.232 e. The third-order valence-corrected chi connectivity index (χ3v) is 5.44. The van der Waals surface area contributed by atoms with Crippen LogP contribution in [0.1, 0.15) is 43.3 Å². The van der Waals surface area contributed by atoms with Gasteiger partial charge in [-0.3, -0.25) is 4.79 Å². The van der Waals surface area contributed by atoms with Crippen LogP contribution in [-0.4, -0.2) is 35.8 Å². The van der Waals surface area contributed by atoms with Gasteiger partial charge in [0.15, 0.2) is 17.3 Å². The molecule has 0 spiro atoms. The van der Waals surface area contributed by atoms with E-state index in [0.717, 1.165) is 24.9 Å². The Morgan fingerprint density at radius 2 is 1.96 bits per heavy atom. The van der Waals surface area contributed by atoms with Gasteiger partial charge in [0.1, 0.15) is 13.2 Å². The van der Waals surface area contributed by atoms with Gasteiger partial charge in [0, 0.05) is 24.7 Å². The number of hydrogen-bond acceptors (Lipinski definition) is 7. The van der Waals surface area contributed by atoms with Crippen molar-refractivity contribution in [3.05, 3.63) is 29.9 Å². The van der Waals surface area contributed by atoms with Gasteiger partial charge in [-0.1, -0.05) is 5.16 Å². The van der Waals surface area contributed by atoms with Crippen LogP contribution in [0.25, 0.3) is 0 Å². The van der Waals surface area contributed by atoms with Crippen molar-refractivity contribution in [1.29, 1.82) is 0 Å². The van der Waals surface area contributed by atoms with Crippen molar-refractivity contribution in [3.8, 4) is 11.5 Å². The molecule has 1 aliphatic carbocycles. The number of benzene rings is 1. The predicted octanol–water partition coefficient (Wildman–Crippen LogP) is 2.12. The highest BCUT2D eigenvalue weighted by Gasteiger charge is 2.41. The molecule has 1 unspecified atom stereocenters. The highest BCUT2D eigenvalue weighted by molar-refractivity contribution is 5.96. The molecule has 2 aliphatic heterocycles. The van der Waals surface area contributed by atoms with Crippen LogP contribution in [0.3, 0.4) is 0 Å². The highest BCUT2D eigenvalue weighted by Crippen LogP contribution is 2.40. The van der Waals surface area contributed by atoms with E-state index in [4.69, 9.17) is 19.7 Å². The van der Waals surface area contributed by atoms with Crippen molar-refractivity contribution in [2.24, 2.45) is 5.73 Å². The zero-order chi connectivity index (χ0) is 17.7. The maximum atomic E-state index is 12.5. The molecule has 1 saturated heterocycles. The first-order valence-corrected chi connectivity index (χ1v) is 8.95. The normalized spacial score (nSPS) is 22.9. The number of ether oxygens (including phenoxy) is 2. The van der Waals surface area contributed by atoms with Gasteiger partial charge in [0.05, 0.1) is 11.5 Å². The van der Waals surface area contributed by atoms with E-state index in [9.17, 15) is 4.79 Å². The Hall–Kier alpha value is -2.32. The maximum absolute atomic E-state index is 12.5. The Bertz CT molecular complexity index is 867. The Labute approximate surface area is 162 Å². The standard InChI is InChI=1S/C18H20N4O4.ClH/c19-18(4-1-5-18)17-20-16(26-21-17)11-8-15(23)22(10-11)12-2-3-13-14(9-12)25-7-6-24-13;/h2-3,9,11H,1,4-8,10,19H2;1H. The second kappa shape index (κ2) is 6.69. The van der Waals surface area contributed by atoms with Gasteiger partial charge in [0.25, 0.3) is 0 Å². The van der Waals surface area contributed by atoms with Crippen LogP contribution in [0.5, 0.6) is 11.5 Å². The SMILES string of the molecule is Cl.NC1(c2noc(C3CC(=O)N(c4ccc5c(c4)OCCO5)C3)n2)CCC1. The summed E-state index contributed by atoms with van der Waals surface area (Å²) in [4.78, 5) is 18.8. The number of carbonyl (C=O) groups excluding carboxylic acids is 1. The molecule has 3 heterocycles. The number of amides is 1. The lowest BCUT2D eigenvalue weighted by molar-refractivity contribution is -0.117. The van der Waals surface area contributed by atoms with Crippen LogP contribution in [0.15, 0.2) is 22.7 Å². The zero-order valence-corrected chi connectivity index (χ0v) is 15.5. The Morgan fingerprint density at radius 1 is 1.19 bits per heavy atom. The summed E-state index contributed by atoms with van der Waals surface area (Å²) in [6.07, 6.45) is 3.17. The van der Waals surface area contributed by atoms with Crippen LogP contribution in [0.4, 0.5) is 5.69 Å². The minimum absolute atomic E-state index is 0. The Balaban J connectivity index is 0.00000180. The number of hydrogen-bond donors (Lipinski definition) is 1. The summed E-state index contributed by atoms with van der Waals surface area (Å²) in [5.74, 6) is 2.32. The van der Waals surface area contributed by atoms with Crippen LogP contribution >= 0.6 is 12.4 Å². The molecule has 144 valence electrons. The second-order valence-electron chi connectivity index (χ2n) is 7.20. The van der Waals surface area contributed by atoms with Gasteiger partial charge in [0.2, 0.25) is 11.8 Å². The number of fused-ring (bicyclic) bond motifs is 1. The molecular formula is C18H21ClN4O4. The number of carbonyl (C=O) groups is 1. The number of aromatic nitrogens is 2. The number of halogens is 1. The summed E-state index contributed by atoms with van der Waals surface area (Å²) in [6.45, 7) is 1.55. The summed E-state index contributed by atoms with van der Waals surface area (Å²) in [5.41, 5.74) is 6.59. The molecule has 1 saturated carbocycles. The lowest BCUT2D eigenvalue weighted by Gasteiger charge is -2.34. The first-order valence-electron chi connectivity index (χ1n) is 8.95. The third-order valence-electron chi connectivity index (χ3n) is 5.44. The lowest BCUT2D eigenvalue weighted by Crippen LogP contribution is -2.44. The fourth-order valence-electron chi connectivity index (χ4n) is 3.71. The van der Waals surface area contributed by atoms with E-state index in [0.29, 0.717) is 49.4 Å². The van der Waals surface area contributed by atoms with Crippen LogP contribution in [-0.2, 0) is 10.3 Å². The van der Waals surface area contributed by atoms with E-state index in [1.807, 2.05) is 18.2 Å². The molecule has 2 fully saturated rings. The van der Waals surface area contributed by atoms with Crippen molar-refractivity contribution >= 4 is 24.0 Å². The molecule has 1 amide bonds. The molecular weight excluding hydrogens is 372 g/mol. The molecule has 9 heteroatoms. The summed E-state index contributed by atoms with van der Waals surface area (Å²) in [6, 6.07) is 5.55. The third kappa shape index (κ3) is 3.02. The average Bonchev–Trinajstić information content (AvgIpc) is 3.26. The van der Waals surface area contributed by atoms with Crippen molar-refractivity contribution < 1.29 is 18.8 Å². The molecule has 27 heavy (non-hydrogen) atoms. The fraction of sp³-hybridized carbons (Fsp3) is 0.500. The summed E-state index contributed by atoms with van der Waals surface area (Å²) < 4.78 is 16.6.